The van der Waals surface area contributed by atoms with Crippen molar-refractivity contribution in [3.05, 3.63) is 0 Å². The van der Waals surface area contributed by atoms with Crippen molar-refractivity contribution < 1.29 is 24.2 Å². The van der Waals surface area contributed by atoms with E-state index in [1.807, 2.05) is 0 Å². The van der Waals surface area contributed by atoms with Crippen LogP contribution in [0, 0.1) is 0 Å². The number of aliphatic hydroxyl groups is 1. The van der Waals surface area contributed by atoms with Gasteiger partial charge in [-0.05, 0) is 6.42 Å². The van der Waals surface area contributed by atoms with E-state index in [9.17, 15) is 14.4 Å². The molecule has 1 unspecified atom stereocenters. The second kappa shape index (κ2) is 4.21. The Bertz CT molecular complexity index is 372. The number of ether oxygens (including phenoxy) is 1. The minimum atomic E-state index is -1.02. The lowest BCUT2D eigenvalue weighted by molar-refractivity contribution is -0.123. The molecule has 1 atom stereocenters. The predicted octanol–water partition coefficient (Wildman–Crippen LogP) is -1.60. The number of carbonyl (C=O) groups is 3. The van der Waals surface area contributed by atoms with Gasteiger partial charge in [-0.3, -0.25) is 10.1 Å². The molecule has 2 rings (SSSR count). The van der Waals surface area contributed by atoms with Crippen molar-refractivity contribution in [1.82, 2.24) is 15.5 Å². The first-order chi connectivity index (χ1) is 8.07. The maximum Gasteiger partial charge on any atom is 0.409 e. The summed E-state index contributed by atoms with van der Waals surface area (Å²) in [4.78, 5) is 35.4. The second-order valence-electron chi connectivity index (χ2n) is 4.00. The number of amides is 4. The number of rotatable bonds is 2. The quantitative estimate of drug-likeness (QED) is 0.506. The summed E-state index contributed by atoms with van der Waals surface area (Å²) in [5, 5.41) is 13.2. The lowest BCUT2D eigenvalue weighted by Crippen LogP contribution is -2.49. The standard InChI is InChI=1S/C9H13N3O5/c13-3-4-17-8(16)12-2-1-9(5-12)6(14)10-7(15)11-9/h13H,1-5H2,(H2,10,11,14,15). The Balaban J connectivity index is 1.97. The van der Waals surface area contributed by atoms with Crippen LogP contribution in [-0.4, -0.2) is 59.9 Å². The molecule has 2 aliphatic heterocycles. The molecule has 2 fully saturated rings. The van der Waals surface area contributed by atoms with Crippen molar-refractivity contribution >= 4 is 18.0 Å². The number of aliphatic hydroxyl groups excluding tert-OH is 1. The van der Waals surface area contributed by atoms with E-state index in [0.717, 1.165) is 0 Å². The van der Waals surface area contributed by atoms with Crippen LogP contribution in [0.4, 0.5) is 9.59 Å². The summed E-state index contributed by atoms with van der Waals surface area (Å²) in [7, 11) is 0. The minimum Gasteiger partial charge on any atom is -0.447 e. The summed E-state index contributed by atoms with van der Waals surface area (Å²) in [6, 6.07) is -0.541. The third kappa shape index (κ3) is 2.03. The van der Waals surface area contributed by atoms with Crippen molar-refractivity contribution in [2.75, 3.05) is 26.3 Å². The Morgan fingerprint density at radius 2 is 2.29 bits per heavy atom. The number of nitrogens with one attached hydrogen (secondary N) is 2. The van der Waals surface area contributed by atoms with E-state index in [1.54, 1.807) is 0 Å². The van der Waals surface area contributed by atoms with E-state index in [4.69, 9.17) is 9.84 Å². The van der Waals surface area contributed by atoms with E-state index in [0.29, 0.717) is 13.0 Å². The van der Waals surface area contributed by atoms with Crippen molar-refractivity contribution in [2.45, 2.75) is 12.0 Å². The largest absolute Gasteiger partial charge is 0.447 e. The number of hydrogen-bond acceptors (Lipinski definition) is 5. The van der Waals surface area contributed by atoms with Gasteiger partial charge in [0.1, 0.15) is 12.1 Å². The van der Waals surface area contributed by atoms with Crippen LogP contribution in [0.25, 0.3) is 0 Å². The third-order valence-electron chi connectivity index (χ3n) is 2.86. The zero-order valence-electron chi connectivity index (χ0n) is 9.06. The summed E-state index contributed by atoms with van der Waals surface area (Å²) in [5.41, 5.74) is -1.02. The molecule has 0 saturated carbocycles. The molecule has 8 heteroatoms. The van der Waals surface area contributed by atoms with Gasteiger partial charge in [-0.25, -0.2) is 9.59 Å². The van der Waals surface area contributed by atoms with Crippen molar-refractivity contribution in [3.63, 3.8) is 0 Å². The summed E-state index contributed by atoms with van der Waals surface area (Å²) in [6.45, 7) is 0.0929. The van der Waals surface area contributed by atoms with Gasteiger partial charge < -0.3 is 20.1 Å². The molecule has 0 aromatic carbocycles. The molecule has 4 amide bonds. The zero-order valence-corrected chi connectivity index (χ0v) is 9.06. The van der Waals surface area contributed by atoms with Crippen LogP contribution in [0.5, 0.6) is 0 Å². The number of nitrogens with zero attached hydrogens (tertiary/aromatic N) is 1. The van der Waals surface area contributed by atoms with Crippen LogP contribution in [0.15, 0.2) is 0 Å². The molecule has 0 aromatic heterocycles. The highest BCUT2D eigenvalue weighted by Gasteiger charge is 2.51. The van der Waals surface area contributed by atoms with E-state index >= 15 is 0 Å². The van der Waals surface area contributed by atoms with Crippen LogP contribution >= 0.6 is 0 Å². The molecule has 8 nitrogen and oxygen atoms in total. The molecule has 3 N–H and O–H groups in total. The molecule has 2 heterocycles. The van der Waals surface area contributed by atoms with Gasteiger partial charge in [-0.1, -0.05) is 0 Å². The van der Waals surface area contributed by atoms with Crippen molar-refractivity contribution in [1.29, 1.82) is 0 Å². The maximum absolute atomic E-state index is 11.6. The molecule has 0 aromatic rings. The average Bonchev–Trinajstić information content (AvgIpc) is 2.81. The smallest absolute Gasteiger partial charge is 0.409 e. The normalized spacial score (nSPS) is 27.2. The first-order valence-electron chi connectivity index (χ1n) is 5.23. The summed E-state index contributed by atoms with van der Waals surface area (Å²) in [5.74, 6) is -0.417. The number of likely N-dealkylation sites (tertiary alicyclic amines) is 1. The Hall–Kier alpha value is -1.83. The molecule has 0 bridgehead atoms. The molecule has 2 aliphatic rings. The highest BCUT2D eigenvalue weighted by molar-refractivity contribution is 6.07. The van der Waals surface area contributed by atoms with Gasteiger partial charge in [-0.15, -0.1) is 0 Å². The highest BCUT2D eigenvalue weighted by Crippen LogP contribution is 2.24. The van der Waals surface area contributed by atoms with Gasteiger partial charge in [0.15, 0.2) is 0 Å². The molecule has 0 aliphatic carbocycles. The third-order valence-corrected chi connectivity index (χ3v) is 2.86. The molecule has 1 spiro atoms. The van der Waals surface area contributed by atoms with Gasteiger partial charge >= 0.3 is 12.1 Å². The lowest BCUT2D eigenvalue weighted by atomic mass is 10.00. The summed E-state index contributed by atoms with van der Waals surface area (Å²) in [6.07, 6.45) is -0.233. The van der Waals surface area contributed by atoms with Crippen LogP contribution in [-0.2, 0) is 9.53 Å². The average molecular weight is 243 g/mol. The molecular formula is C9H13N3O5. The fourth-order valence-corrected chi connectivity index (χ4v) is 2.01. The Morgan fingerprint density at radius 3 is 2.88 bits per heavy atom. The fourth-order valence-electron chi connectivity index (χ4n) is 2.01. The number of urea groups is 1. The van der Waals surface area contributed by atoms with Gasteiger partial charge in [0.25, 0.3) is 5.91 Å². The number of imide groups is 1. The highest BCUT2D eigenvalue weighted by atomic mass is 16.6. The Labute approximate surface area is 96.9 Å². The summed E-state index contributed by atoms with van der Waals surface area (Å²) < 4.78 is 4.73. The fraction of sp³-hybridized carbons (Fsp3) is 0.667. The second-order valence-corrected chi connectivity index (χ2v) is 4.00. The summed E-state index contributed by atoms with van der Waals surface area (Å²) >= 11 is 0. The maximum atomic E-state index is 11.6. The van der Waals surface area contributed by atoms with Gasteiger partial charge in [0, 0.05) is 6.54 Å². The Kier molecular flexibility index (Phi) is 2.88. The first-order valence-corrected chi connectivity index (χ1v) is 5.23. The van der Waals surface area contributed by atoms with E-state index < -0.39 is 23.6 Å². The van der Waals surface area contributed by atoms with Crippen LogP contribution < -0.4 is 10.6 Å². The first kappa shape index (κ1) is 11.6. The minimum absolute atomic E-state index is 0.0825. The van der Waals surface area contributed by atoms with Gasteiger partial charge in [-0.2, -0.15) is 0 Å². The van der Waals surface area contributed by atoms with E-state index in [-0.39, 0.29) is 19.8 Å². The molecular weight excluding hydrogens is 230 g/mol. The Morgan fingerprint density at radius 1 is 1.53 bits per heavy atom. The van der Waals surface area contributed by atoms with Crippen LogP contribution in [0.2, 0.25) is 0 Å². The van der Waals surface area contributed by atoms with Crippen LogP contribution in [0.1, 0.15) is 6.42 Å². The predicted molar refractivity (Wildman–Crippen MR) is 54.0 cm³/mol. The van der Waals surface area contributed by atoms with E-state index in [2.05, 4.69) is 10.6 Å². The van der Waals surface area contributed by atoms with Gasteiger partial charge in [0.05, 0.1) is 13.2 Å². The number of hydrogen-bond donors (Lipinski definition) is 3. The molecule has 2 saturated heterocycles. The van der Waals surface area contributed by atoms with Crippen molar-refractivity contribution in [3.8, 4) is 0 Å². The SMILES string of the molecule is O=C1NC(=O)C2(CCN(C(=O)OCCO)C2)N1. The lowest BCUT2D eigenvalue weighted by Gasteiger charge is -2.20. The molecule has 0 radical (unpaired) electrons. The topological polar surface area (TPSA) is 108 Å². The number of carbonyl (C=O) groups excluding carboxylic acids is 3. The zero-order chi connectivity index (χ0) is 12.5. The van der Waals surface area contributed by atoms with E-state index in [1.165, 1.54) is 4.90 Å². The van der Waals surface area contributed by atoms with Crippen molar-refractivity contribution in [2.24, 2.45) is 0 Å². The monoisotopic (exact) mass is 243 g/mol. The van der Waals surface area contributed by atoms with Gasteiger partial charge in [0.2, 0.25) is 0 Å². The molecule has 94 valence electrons. The molecule has 17 heavy (non-hydrogen) atoms. The van der Waals surface area contributed by atoms with Crippen LogP contribution in [0.3, 0.4) is 0 Å².